The maximum Gasteiger partial charge on any atom is 0.416 e. The van der Waals surface area contributed by atoms with Crippen molar-refractivity contribution in [2.24, 2.45) is 0 Å². The highest BCUT2D eigenvalue weighted by atomic mass is 35.5. The van der Waals surface area contributed by atoms with Crippen LogP contribution in [0.5, 0.6) is 0 Å². The van der Waals surface area contributed by atoms with Crippen LogP contribution in [0.4, 0.5) is 13.2 Å². The second-order valence-electron chi connectivity index (χ2n) is 4.59. The second-order valence-corrected chi connectivity index (χ2v) is 5.40. The van der Waals surface area contributed by atoms with Crippen LogP contribution < -0.4 is 0 Å². The fourth-order valence-corrected chi connectivity index (χ4v) is 2.78. The van der Waals surface area contributed by atoms with Crippen LogP contribution in [0.3, 0.4) is 0 Å². The van der Waals surface area contributed by atoms with Gasteiger partial charge >= 0.3 is 6.18 Å². The van der Waals surface area contributed by atoms with Crippen molar-refractivity contribution in [3.8, 4) is 11.3 Å². The van der Waals surface area contributed by atoms with E-state index in [1.165, 1.54) is 0 Å². The SMILES string of the molecule is FC(F)(F)c1cc(Cl)c(-c2ccc(C3OCCO3)o2)c(Cl)c1. The molecule has 8 heteroatoms. The van der Waals surface area contributed by atoms with E-state index >= 15 is 0 Å². The largest absolute Gasteiger partial charge is 0.456 e. The number of ether oxygens (including phenoxy) is 2. The van der Waals surface area contributed by atoms with E-state index in [9.17, 15) is 13.2 Å². The van der Waals surface area contributed by atoms with Gasteiger partial charge in [0.25, 0.3) is 0 Å². The molecule has 0 radical (unpaired) electrons. The molecule has 1 aromatic heterocycles. The van der Waals surface area contributed by atoms with Crippen LogP contribution in [0.2, 0.25) is 10.0 Å². The van der Waals surface area contributed by atoms with E-state index in [1.54, 1.807) is 12.1 Å². The molecule has 1 fully saturated rings. The van der Waals surface area contributed by atoms with Gasteiger partial charge in [0.15, 0.2) is 5.76 Å². The van der Waals surface area contributed by atoms with Crippen molar-refractivity contribution in [2.75, 3.05) is 13.2 Å². The van der Waals surface area contributed by atoms with Gasteiger partial charge in [0, 0.05) is 0 Å². The van der Waals surface area contributed by atoms with Crippen molar-refractivity contribution in [3.63, 3.8) is 0 Å². The van der Waals surface area contributed by atoms with Gasteiger partial charge in [-0.1, -0.05) is 23.2 Å². The van der Waals surface area contributed by atoms with Gasteiger partial charge in [0.2, 0.25) is 6.29 Å². The third kappa shape index (κ3) is 2.96. The Morgan fingerprint density at radius 2 is 1.59 bits per heavy atom. The van der Waals surface area contributed by atoms with Gasteiger partial charge in [0.05, 0.1) is 34.4 Å². The number of rotatable bonds is 2. The number of furan rings is 1. The second kappa shape index (κ2) is 5.77. The molecule has 0 atom stereocenters. The number of benzene rings is 1. The van der Waals surface area contributed by atoms with E-state index in [1.807, 2.05) is 0 Å². The molecule has 2 heterocycles. The van der Waals surface area contributed by atoms with Crippen molar-refractivity contribution in [3.05, 3.63) is 45.6 Å². The third-order valence-corrected chi connectivity index (χ3v) is 3.69. The highest BCUT2D eigenvalue weighted by Crippen LogP contribution is 2.41. The molecule has 0 N–H and O–H groups in total. The summed E-state index contributed by atoms with van der Waals surface area (Å²) in [6.45, 7) is 0.894. The molecule has 2 aromatic rings. The minimum atomic E-state index is -4.52. The molecule has 118 valence electrons. The lowest BCUT2D eigenvalue weighted by Gasteiger charge is -2.11. The summed E-state index contributed by atoms with van der Waals surface area (Å²) in [6.07, 6.45) is -5.15. The Balaban J connectivity index is 1.98. The highest BCUT2D eigenvalue weighted by molar-refractivity contribution is 6.39. The molecule has 3 nitrogen and oxygen atoms in total. The van der Waals surface area contributed by atoms with Gasteiger partial charge < -0.3 is 13.9 Å². The van der Waals surface area contributed by atoms with Crippen LogP contribution in [-0.4, -0.2) is 13.2 Å². The summed E-state index contributed by atoms with van der Waals surface area (Å²) in [4.78, 5) is 0. The lowest BCUT2D eigenvalue weighted by molar-refractivity contribution is -0.137. The molecule has 0 unspecified atom stereocenters. The van der Waals surface area contributed by atoms with Crippen molar-refractivity contribution < 1.29 is 27.1 Å². The first-order valence-electron chi connectivity index (χ1n) is 6.26. The highest BCUT2D eigenvalue weighted by Gasteiger charge is 2.32. The Bertz CT molecular complexity index is 668. The van der Waals surface area contributed by atoms with Gasteiger partial charge in [-0.25, -0.2) is 0 Å². The molecule has 0 bridgehead atoms. The summed E-state index contributed by atoms with van der Waals surface area (Å²) in [5.74, 6) is 0.650. The number of hydrogen-bond donors (Lipinski definition) is 0. The monoisotopic (exact) mass is 352 g/mol. The molecule has 1 aliphatic heterocycles. The predicted octanol–water partition coefficient (Wildman–Crippen LogP) is 5.32. The third-order valence-electron chi connectivity index (χ3n) is 3.10. The van der Waals surface area contributed by atoms with Gasteiger partial charge in [0.1, 0.15) is 5.76 Å². The molecule has 0 amide bonds. The summed E-state index contributed by atoms with van der Waals surface area (Å²) < 4.78 is 54.3. The number of halogens is 5. The maximum absolute atomic E-state index is 12.7. The van der Waals surface area contributed by atoms with Crippen LogP contribution in [0.25, 0.3) is 11.3 Å². The normalized spacial score (nSPS) is 16.4. The van der Waals surface area contributed by atoms with Gasteiger partial charge in [-0.05, 0) is 24.3 Å². The van der Waals surface area contributed by atoms with E-state index < -0.39 is 18.0 Å². The first-order chi connectivity index (χ1) is 10.4. The molecular weight excluding hydrogens is 344 g/mol. The Labute approximate surface area is 133 Å². The number of hydrogen-bond acceptors (Lipinski definition) is 3. The molecule has 22 heavy (non-hydrogen) atoms. The fourth-order valence-electron chi connectivity index (χ4n) is 2.11. The fraction of sp³-hybridized carbons (Fsp3) is 0.286. The zero-order chi connectivity index (χ0) is 15.9. The van der Waals surface area contributed by atoms with E-state index in [4.69, 9.17) is 37.1 Å². The lowest BCUT2D eigenvalue weighted by atomic mass is 10.1. The van der Waals surface area contributed by atoms with E-state index in [0.29, 0.717) is 19.0 Å². The molecule has 0 saturated carbocycles. The van der Waals surface area contributed by atoms with Crippen LogP contribution in [0, 0.1) is 0 Å². The van der Waals surface area contributed by atoms with E-state index in [2.05, 4.69) is 0 Å². The average Bonchev–Trinajstić information content (AvgIpc) is 3.07. The van der Waals surface area contributed by atoms with Gasteiger partial charge in [-0.3, -0.25) is 0 Å². The van der Waals surface area contributed by atoms with Gasteiger partial charge in [-0.15, -0.1) is 0 Å². The topological polar surface area (TPSA) is 31.6 Å². The Morgan fingerprint density at radius 1 is 1.00 bits per heavy atom. The predicted molar refractivity (Wildman–Crippen MR) is 73.8 cm³/mol. The van der Waals surface area contributed by atoms with Crippen molar-refractivity contribution in [2.45, 2.75) is 12.5 Å². The Hall–Kier alpha value is -1.21. The standard InChI is InChI=1S/C14H9Cl2F3O3/c15-8-5-7(14(17,18)19)6-9(16)12(8)10-1-2-11(22-10)13-20-3-4-21-13/h1-2,5-6,13H,3-4H2. The zero-order valence-corrected chi connectivity index (χ0v) is 12.4. The Kier molecular flexibility index (Phi) is 4.11. The molecule has 1 aliphatic rings. The molecule has 1 saturated heterocycles. The summed E-state index contributed by atoms with van der Waals surface area (Å²) >= 11 is 11.9. The van der Waals surface area contributed by atoms with E-state index in [0.717, 1.165) is 12.1 Å². The first-order valence-corrected chi connectivity index (χ1v) is 7.01. The molecule has 0 spiro atoms. The van der Waals surface area contributed by atoms with Gasteiger partial charge in [-0.2, -0.15) is 13.2 Å². The number of alkyl halides is 3. The molecule has 1 aromatic carbocycles. The van der Waals surface area contributed by atoms with Crippen molar-refractivity contribution in [1.29, 1.82) is 0 Å². The quantitative estimate of drug-likeness (QED) is 0.733. The zero-order valence-electron chi connectivity index (χ0n) is 10.9. The lowest BCUT2D eigenvalue weighted by Crippen LogP contribution is -2.05. The van der Waals surface area contributed by atoms with Crippen molar-refractivity contribution >= 4 is 23.2 Å². The van der Waals surface area contributed by atoms with Crippen molar-refractivity contribution in [1.82, 2.24) is 0 Å². The minimum Gasteiger partial charge on any atom is -0.456 e. The summed E-state index contributed by atoms with van der Waals surface area (Å²) in [6, 6.07) is 4.79. The first kappa shape index (κ1) is 15.7. The minimum absolute atomic E-state index is 0.144. The van der Waals surface area contributed by atoms with Crippen LogP contribution >= 0.6 is 23.2 Å². The summed E-state index contributed by atoms with van der Waals surface area (Å²) in [7, 11) is 0. The molecular formula is C14H9Cl2F3O3. The smallest absolute Gasteiger partial charge is 0.416 e. The Morgan fingerprint density at radius 3 is 2.14 bits per heavy atom. The molecule has 3 rings (SSSR count). The van der Waals surface area contributed by atoms with Crippen LogP contribution in [0.1, 0.15) is 17.6 Å². The van der Waals surface area contributed by atoms with Crippen LogP contribution in [0.15, 0.2) is 28.7 Å². The summed E-state index contributed by atoms with van der Waals surface area (Å²) in [5.41, 5.74) is -0.721. The average molecular weight is 353 g/mol. The summed E-state index contributed by atoms with van der Waals surface area (Å²) in [5, 5.41) is -0.289. The molecule has 0 aliphatic carbocycles. The van der Waals surface area contributed by atoms with Crippen LogP contribution in [-0.2, 0) is 15.7 Å². The van der Waals surface area contributed by atoms with E-state index in [-0.39, 0.29) is 21.4 Å². The maximum atomic E-state index is 12.7.